The number of amidine groups is 1. The van der Waals surface area contributed by atoms with Crippen molar-refractivity contribution in [2.24, 2.45) is 4.99 Å². The molecule has 0 radical (unpaired) electrons. The van der Waals surface area contributed by atoms with E-state index >= 15 is 0 Å². The Balaban J connectivity index is 1.77. The Morgan fingerprint density at radius 3 is 2.74 bits per heavy atom. The first-order valence-electron chi connectivity index (χ1n) is 6.62. The molecular weight excluding hydrogens is 299 g/mol. The molecule has 1 heterocycles. The van der Waals surface area contributed by atoms with E-state index in [4.69, 9.17) is 28.2 Å². The molecule has 1 saturated carbocycles. The number of rotatable bonds is 1. The molecule has 1 aromatic carbocycles. The highest BCUT2D eigenvalue weighted by Gasteiger charge is 2.36. The van der Waals surface area contributed by atoms with Gasteiger partial charge in [0.15, 0.2) is 5.17 Å². The Morgan fingerprint density at radius 2 is 1.95 bits per heavy atom. The molecule has 1 aliphatic carbocycles. The molecule has 1 N–H and O–H groups in total. The summed E-state index contributed by atoms with van der Waals surface area (Å²) in [5.41, 5.74) is 1.02. The molecule has 102 valence electrons. The van der Waals surface area contributed by atoms with Crippen LogP contribution >= 0.6 is 35.0 Å². The predicted molar refractivity (Wildman–Crippen MR) is 85.8 cm³/mol. The summed E-state index contributed by atoms with van der Waals surface area (Å²) >= 11 is 14.0. The lowest BCUT2D eigenvalue weighted by Gasteiger charge is -2.29. The molecule has 0 saturated heterocycles. The smallest absolute Gasteiger partial charge is 0.161 e. The number of halogens is 2. The summed E-state index contributed by atoms with van der Waals surface area (Å²) in [4.78, 5) is 4.91. The third kappa shape index (κ3) is 2.88. The van der Waals surface area contributed by atoms with Gasteiger partial charge >= 0.3 is 0 Å². The van der Waals surface area contributed by atoms with Crippen LogP contribution in [0.3, 0.4) is 0 Å². The highest BCUT2D eigenvalue weighted by atomic mass is 35.5. The van der Waals surface area contributed by atoms with Crippen LogP contribution in [0.5, 0.6) is 0 Å². The Morgan fingerprint density at radius 1 is 1.16 bits per heavy atom. The van der Waals surface area contributed by atoms with Gasteiger partial charge in [0.05, 0.1) is 21.3 Å². The quantitative estimate of drug-likeness (QED) is 0.769. The zero-order chi connectivity index (χ0) is 13.3. The van der Waals surface area contributed by atoms with Gasteiger partial charge in [-0.05, 0) is 25.0 Å². The third-order valence-electron chi connectivity index (χ3n) is 3.79. The second kappa shape index (κ2) is 5.55. The minimum atomic E-state index is 0.177. The number of nitrogens with zero attached hydrogens (tertiary/aromatic N) is 1. The Kier molecular flexibility index (Phi) is 3.97. The van der Waals surface area contributed by atoms with Gasteiger partial charge in [-0.3, -0.25) is 4.99 Å². The van der Waals surface area contributed by atoms with Crippen molar-refractivity contribution < 1.29 is 0 Å². The lowest BCUT2D eigenvalue weighted by Crippen LogP contribution is -2.29. The summed E-state index contributed by atoms with van der Waals surface area (Å²) in [6.07, 6.45) is 6.39. The van der Waals surface area contributed by atoms with Gasteiger partial charge in [0, 0.05) is 5.75 Å². The summed E-state index contributed by atoms with van der Waals surface area (Å²) in [6, 6.07) is 5.62. The molecule has 1 aromatic rings. The highest BCUT2D eigenvalue weighted by molar-refractivity contribution is 8.14. The molecular formula is C14H16Cl2N2S. The van der Waals surface area contributed by atoms with Gasteiger partial charge in [-0.2, -0.15) is 0 Å². The van der Waals surface area contributed by atoms with Crippen molar-refractivity contribution >= 4 is 45.8 Å². The molecule has 1 fully saturated rings. The summed E-state index contributed by atoms with van der Waals surface area (Å²) in [6.45, 7) is 0. The minimum absolute atomic E-state index is 0.177. The van der Waals surface area contributed by atoms with Crippen molar-refractivity contribution in [3.63, 3.8) is 0 Å². The van der Waals surface area contributed by atoms with Gasteiger partial charge in [-0.15, -0.1) is 0 Å². The van der Waals surface area contributed by atoms with Gasteiger partial charge in [0.2, 0.25) is 0 Å². The molecule has 2 nitrogen and oxygen atoms in total. The molecule has 3 rings (SSSR count). The van der Waals surface area contributed by atoms with E-state index in [-0.39, 0.29) is 5.54 Å². The molecule has 1 spiro atoms. The maximum atomic E-state index is 6.19. The van der Waals surface area contributed by atoms with Gasteiger partial charge in [0.1, 0.15) is 0 Å². The van der Waals surface area contributed by atoms with E-state index in [0.717, 1.165) is 16.6 Å². The lowest BCUT2D eigenvalue weighted by atomic mass is 9.84. The van der Waals surface area contributed by atoms with Crippen LogP contribution in [-0.4, -0.2) is 16.5 Å². The van der Waals surface area contributed by atoms with Gasteiger partial charge in [0.25, 0.3) is 0 Å². The number of benzene rings is 1. The van der Waals surface area contributed by atoms with Gasteiger partial charge in [-0.25, -0.2) is 0 Å². The van der Waals surface area contributed by atoms with Crippen molar-refractivity contribution in [1.82, 2.24) is 0 Å². The number of hydrogen-bond acceptors (Lipinski definition) is 3. The largest absolute Gasteiger partial charge is 0.334 e. The normalized spacial score (nSPS) is 21.5. The van der Waals surface area contributed by atoms with Crippen molar-refractivity contribution in [3.05, 3.63) is 28.2 Å². The molecule has 0 bridgehead atoms. The van der Waals surface area contributed by atoms with E-state index in [9.17, 15) is 0 Å². The van der Waals surface area contributed by atoms with Crippen LogP contribution < -0.4 is 5.32 Å². The summed E-state index contributed by atoms with van der Waals surface area (Å²) < 4.78 is 0. The Labute approximate surface area is 128 Å². The van der Waals surface area contributed by atoms with Crippen LogP contribution in [0.25, 0.3) is 0 Å². The average molecular weight is 315 g/mol. The maximum Gasteiger partial charge on any atom is 0.161 e. The molecule has 2 aliphatic rings. The third-order valence-corrected chi connectivity index (χ3v) is 5.76. The van der Waals surface area contributed by atoms with Gasteiger partial charge in [-0.1, -0.05) is 60.3 Å². The number of aliphatic imine (C=N–C) groups is 1. The van der Waals surface area contributed by atoms with Crippen molar-refractivity contribution in [3.8, 4) is 0 Å². The molecule has 0 unspecified atom stereocenters. The molecule has 0 aromatic heterocycles. The predicted octanol–water partition coefficient (Wildman–Crippen LogP) is 5.21. The minimum Gasteiger partial charge on any atom is -0.334 e. The summed E-state index contributed by atoms with van der Waals surface area (Å²) in [5, 5.41) is 5.43. The fourth-order valence-corrected chi connectivity index (χ4v) is 4.27. The number of nitrogens with one attached hydrogen (secondary N) is 1. The maximum absolute atomic E-state index is 6.19. The molecule has 5 heteroatoms. The highest BCUT2D eigenvalue weighted by Crippen LogP contribution is 2.40. The van der Waals surface area contributed by atoms with Crippen molar-refractivity contribution in [1.29, 1.82) is 0 Å². The first-order valence-corrected chi connectivity index (χ1v) is 8.36. The first-order chi connectivity index (χ1) is 9.19. The number of thioether (sulfide) groups is 1. The molecule has 19 heavy (non-hydrogen) atoms. The Bertz CT molecular complexity index is 510. The van der Waals surface area contributed by atoms with E-state index in [1.54, 1.807) is 17.8 Å². The van der Waals surface area contributed by atoms with Crippen molar-refractivity contribution in [2.75, 3.05) is 11.1 Å². The fraction of sp³-hybridized carbons (Fsp3) is 0.500. The van der Waals surface area contributed by atoms with Crippen molar-refractivity contribution in [2.45, 2.75) is 37.6 Å². The molecule has 1 aliphatic heterocycles. The fourth-order valence-electron chi connectivity index (χ4n) is 2.73. The van der Waals surface area contributed by atoms with Crippen LogP contribution in [0.15, 0.2) is 23.2 Å². The van der Waals surface area contributed by atoms with Crippen LogP contribution in [-0.2, 0) is 0 Å². The SMILES string of the molecule is Clc1cccc(NC2=NC3(CCCCC3)CS2)c1Cl. The summed E-state index contributed by atoms with van der Waals surface area (Å²) in [7, 11) is 0. The zero-order valence-electron chi connectivity index (χ0n) is 10.6. The lowest BCUT2D eigenvalue weighted by molar-refractivity contribution is 0.335. The van der Waals surface area contributed by atoms with E-state index in [0.29, 0.717) is 10.0 Å². The standard InChI is InChI=1S/C14H16Cl2N2S/c15-10-5-4-6-11(12(10)16)17-13-18-14(9-19-13)7-2-1-3-8-14/h4-6H,1-3,7-9H2,(H,17,18). The second-order valence-corrected chi connectivity index (χ2v) is 6.97. The Hall–Kier alpha value is -0.380. The van der Waals surface area contributed by atoms with E-state index in [2.05, 4.69) is 5.32 Å². The zero-order valence-corrected chi connectivity index (χ0v) is 12.9. The number of anilines is 1. The monoisotopic (exact) mass is 314 g/mol. The van der Waals surface area contributed by atoms with Gasteiger partial charge < -0.3 is 5.32 Å². The van der Waals surface area contributed by atoms with Crippen LogP contribution in [0, 0.1) is 0 Å². The van der Waals surface area contributed by atoms with E-state index < -0.39 is 0 Å². The molecule has 0 atom stereocenters. The van der Waals surface area contributed by atoms with E-state index in [1.165, 1.54) is 32.1 Å². The topological polar surface area (TPSA) is 24.4 Å². The average Bonchev–Trinajstić information content (AvgIpc) is 2.79. The van der Waals surface area contributed by atoms with Crippen LogP contribution in [0.1, 0.15) is 32.1 Å². The van der Waals surface area contributed by atoms with Crippen LogP contribution in [0.4, 0.5) is 5.69 Å². The summed E-state index contributed by atoms with van der Waals surface area (Å²) in [5.74, 6) is 1.09. The molecule has 0 amide bonds. The van der Waals surface area contributed by atoms with Crippen LogP contribution in [0.2, 0.25) is 10.0 Å². The van der Waals surface area contributed by atoms with E-state index in [1.807, 2.05) is 12.1 Å². The first kappa shape index (κ1) is 13.6. The number of hydrogen-bond donors (Lipinski definition) is 1. The second-order valence-electron chi connectivity index (χ2n) is 5.22.